The van der Waals surface area contributed by atoms with Gasteiger partial charge in [-0.2, -0.15) is 0 Å². The van der Waals surface area contributed by atoms with E-state index in [9.17, 15) is 0 Å². The number of hydrogen-bond donors (Lipinski definition) is 0. The summed E-state index contributed by atoms with van der Waals surface area (Å²) in [5, 5.41) is 0. The summed E-state index contributed by atoms with van der Waals surface area (Å²) in [6.45, 7) is 0.517. The molecule has 0 atom stereocenters. The lowest BCUT2D eigenvalue weighted by Gasteiger charge is -2.11. The topological polar surface area (TPSA) is 55.4 Å². The van der Waals surface area contributed by atoms with Crippen molar-refractivity contribution < 1.29 is 28.4 Å². The van der Waals surface area contributed by atoms with Gasteiger partial charge in [-0.05, 0) is 47.5 Å². The average molecular weight is 430 g/mol. The molecule has 0 radical (unpaired) electrons. The Bertz CT molecular complexity index is 1120. The highest BCUT2D eigenvalue weighted by Gasteiger charge is 2.14. The zero-order valence-electron chi connectivity index (χ0n) is 17.8. The number of methoxy groups -OCH3 is 2. The van der Waals surface area contributed by atoms with Crippen molar-refractivity contribution in [2.75, 3.05) is 27.8 Å². The minimum absolute atomic E-state index is 0.259. The maximum Gasteiger partial charge on any atom is 0.231 e. The molecule has 162 valence electrons. The van der Waals surface area contributed by atoms with Crippen molar-refractivity contribution in [3.8, 4) is 34.5 Å². The molecule has 0 N–H and O–H groups in total. The van der Waals surface area contributed by atoms with Crippen LogP contribution in [0.1, 0.15) is 22.3 Å². The molecule has 32 heavy (non-hydrogen) atoms. The molecule has 0 fully saturated rings. The van der Waals surface area contributed by atoms with E-state index in [1.165, 1.54) is 0 Å². The van der Waals surface area contributed by atoms with Crippen LogP contribution < -0.4 is 28.4 Å². The monoisotopic (exact) mass is 430 g/mol. The summed E-state index contributed by atoms with van der Waals surface area (Å²) in [4.78, 5) is 0. The fourth-order valence-electron chi connectivity index (χ4n) is 3.61. The van der Waals surface area contributed by atoms with Crippen molar-refractivity contribution >= 4 is 24.3 Å². The highest BCUT2D eigenvalue weighted by molar-refractivity contribution is 5.79. The fraction of sp³-hybridized carbons (Fsp3) is 0.154. The van der Waals surface area contributed by atoms with Crippen LogP contribution in [0.3, 0.4) is 0 Å². The Morgan fingerprint density at radius 2 is 1.00 bits per heavy atom. The molecule has 6 heteroatoms. The number of rotatable bonds is 6. The Hall–Kier alpha value is -4.06. The van der Waals surface area contributed by atoms with Crippen LogP contribution in [0.2, 0.25) is 0 Å². The molecular weight excluding hydrogens is 408 g/mol. The minimum Gasteiger partial charge on any atom is -0.496 e. The molecule has 6 nitrogen and oxygen atoms in total. The molecule has 5 rings (SSSR count). The van der Waals surface area contributed by atoms with Gasteiger partial charge in [0, 0.05) is 11.1 Å². The van der Waals surface area contributed by atoms with E-state index in [-0.39, 0.29) is 13.6 Å². The lowest BCUT2D eigenvalue weighted by Crippen LogP contribution is -1.93. The van der Waals surface area contributed by atoms with Crippen molar-refractivity contribution in [1.29, 1.82) is 0 Å². The Morgan fingerprint density at radius 3 is 1.44 bits per heavy atom. The van der Waals surface area contributed by atoms with Gasteiger partial charge in [-0.15, -0.1) is 0 Å². The van der Waals surface area contributed by atoms with Gasteiger partial charge >= 0.3 is 0 Å². The van der Waals surface area contributed by atoms with E-state index in [0.29, 0.717) is 0 Å². The van der Waals surface area contributed by atoms with Crippen LogP contribution in [0.15, 0.2) is 48.5 Å². The molecule has 2 heterocycles. The molecule has 0 spiro atoms. The first-order valence-corrected chi connectivity index (χ1v) is 10.1. The molecule has 2 aliphatic rings. The van der Waals surface area contributed by atoms with E-state index in [1.807, 2.05) is 72.8 Å². The summed E-state index contributed by atoms with van der Waals surface area (Å²) >= 11 is 0. The van der Waals surface area contributed by atoms with Gasteiger partial charge in [0.05, 0.1) is 14.2 Å². The van der Waals surface area contributed by atoms with E-state index < -0.39 is 0 Å². The first-order chi connectivity index (χ1) is 15.7. The Labute approximate surface area is 186 Å². The summed E-state index contributed by atoms with van der Waals surface area (Å²) in [6, 6.07) is 15.6. The lowest BCUT2D eigenvalue weighted by molar-refractivity contribution is 0.173. The molecule has 0 saturated carbocycles. The molecule has 0 unspecified atom stereocenters. The van der Waals surface area contributed by atoms with E-state index >= 15 is 0 Å². The second-order valence-electron chi connectivity index (χ2n) is 7.23. The van der Waals surface area contributed by atoms with Gasteiger partial charge in [0.25, 0.3) is 0 Å². The summed E-state index contributed by atoms with van der Waals surface area (Å²) in [5.41, 5.74) is 3.81. The minimum atomic E-state index is 0.259. The second kappa shape index (κ2) is 8.59. The van der Waals surface area contributed by atoms with Crippen LogP contribution in [0, 0.1) is 0 Å². The van der Waals surface area contributed by atoms with E-state index in [0.717, 1.165) is 56.8 Å². The van der Waals surface area contributed by atoms with E-state index in [4.69, 9.17) is 28.4 Å². The predicted molar refractivity (Wildman–Crippen MR) is 123 cm³/mol. The summed E-state index contributed by atoms with van der Waals surface area (Å²) in [7, 11) is 3.32. The quantitative estimate of drug-likeness (QED) is 0.481. The largest absolute Gasteiger partial charge is 0.496 e. The molecular formula is C26H22O6. The van der Waals surface area contributed by atoms with Gasteiger partial charge in [0.1, 0.15) is 11.5 Å². The van der Waals surface area contributed by atoms with Crippen molar-refractivity contribution in [2.24, 2.45) is 0 Å². The molecule has 0 aromatic heterocycles. The molecule has 0 saturated heterocycles. The molecule has 3 aromatic rings. The third-order valence-electron chi connectivity index (χ3n) is 5.29. The molecule has 3 aromatic carbocycles. The van der Waals surface area contributed by atoms with E-state index in [1.54, 1.807) is 14.2 Å². The summed E-state index contributed by atoms with van der Waals surface area (Å²) in [6.07, 6.45) is 7.98. The van der Waals surface area contributed by atoms with Crippen molar-refractivity contribution in [3.63, 3.8) is 0 Å². The Kier molecular flexibility index (Phi) is 5.34. The summed E-state index contributed by atoms with van der Waals surface area (Å²) in [5.74, 6) is 4.52. The predicted octanol–water partition coefficient (Wildman–Crippen LogP) is 5.50. The number of hydrogen-bond acceptors (Lipinski definition) is 6. The third-order valence-corrected chi connectivity index (χ3v) is 5.29. The third kappa shape index (κ3) is 3.95. The van der Waals surface area contributed by atoms with Gasteiger partial charge in [-0.1, -0.05) is 36.4 Å². The molecule has 2 aliphatic heterocycles. The summed E-state index contributed by atoms with van der Waals surface area (Å²) < 4.78 is 32.9. The first kappa shape index (κ1) is 19.9. The van der Waals surface area contributed by atoms with Gasteiger partial charge in [-0.25, -0.2) is 0 Å². The zero-order chi connectivity index (χ0) is 21.9. The van der Waals surface area contributed by atoms with E-state index in [2.05, 4.69) is 0 Å². The van der Waals surface area contributed by atoms with Crippen LogP contribution in [-0.2, 0) is 0 Å². The van der Waals surface area contributed by atoms with Gasteiger partial charge < -0.3 is 28.4 Å². The maximum absolute atomic E-state index is 5.64. The number of fused-ring (bicyclic) bond motifs is 2. The van der Waals surface area contributed by atoms with Crippen LogP contribution in [0.4, 0.5) is 0 Å². The Morgan fingerprint density at radius 1 is 0.562 bits per heavy atom. The van der Waals surface area contributed by atoms with Gasteiger partial charge in [0.15, 0.2) is 23.0 Å². The van der Waals surface area contributed by atoms with Crippen molar-refractivity contribution in [2.45, 2.75) is 0 Å². The molecule has 0 amide bonds. The average Bonchev–Trinajstić information content (AvgIpc) is 3.49. The highest BCUT2D eigenvalue weighted by Crippen LogP contribution is 2.36. The highest BCUT2D eigenvalue weighted by atomic mass is 16.7. The normalized spacial score (nSPS) is 13.8. The lowest BCUT2D eigenvalue weighted by atomic mass is 10.0. The smallest absolute Gasteiger partial charge is 0.231 e. The maximum atomic E-state index is 5.64. The fourth-order valence-corrected chi connectivity index (χ4v) is 3.61. The first-order valence-electron chi connectivity index (χ1n) is 10.1. The SMILES string of the molecule is COc1cc(/C=C/c2ccc3c(c2)OCO3)c(OC)cc1/C=C/c1ccc2c(c1)OCO2. The number of benzene rings is 3. The number of ether oxygens (including phenoxy) is 6. The Balaban J connectivity index is 1.41. The molecule has 0 aliphatic carbocycles. The standard InChI is InChI=1S/C26H22O6/c1-27-23-13-20(8-4-18-6-10-22-26(12-18)32-16-30-22)24(28-2)14-19(23)7-3-17-5-9-21-25(11-17)31-15-29-21/h3-14H,15-16H2,1-2H3/b7-3+,8-4+. The van der Waals surface area contributed by atoms with Crippen molar-refractivity contribution in [3.05, 3.63) is 70.8 Å². The van der Waals surface area contributed by atoms with Crippen molar-refractivity contribution in [1.82, 2.24) is 0 Å². The van der Waals surface area contributed by atoms with Crippen LogP contribution >= 0.6 is 0 Å². The van der Waals surface area contributed by atoms with Crippen LogP contribution in [-0.4, -0.2) is 27.8 Å². The van der Waals surface area contributed by atoms with Crippen LogP contribution in [0.25, 0.3) is 24.3 Å². The van der Waals surface area contributed by atoms with Gasteiger partial charge in [0.2, 0.25) is 13.6 Å². The second-order valence-corrected chi connectivity index (χ2v) is 7.23. The van der Waals surface area contributed by atoms with Crippen LogP contribution in [0.5, 0.6) is 34.5 Å². The zero-order valence-corrected chi connectivity index (χ0v) is 17.8. The molecule has 0 bridgehead atoms. The van der Waals surface area contributed by atoms with Gasteiger partial charge in [-0.3, -0.25) is 0 Å².